The number of aromatic nitrogens is 3. The summed E-state index contributed by atoms with van der Waals surface area (Å²) in [4.78, 5) is 26.8. The summed E-state index contributed by atoms with van der Waals surface area (Å²) in [5.74, 6) is -1.68. The van der Waals surface area contributed by atoms with Crippen LogP contribution in [0.4, 0.5) is 0 Å². The van der Waals surface area contributed by atoms with Gasteiger partial charge in [0.15, 0.2) is 5.82 Å². The Labute approximate surface area is 118 Å². The van der Waals surface area contributed by atoms with Crippen LogP contribution in [0.15, 0.2) is 42.6 Å². The Balaban J connectivity index is 2.25. The number of carbonyl (C=O) groups is 2. The Kier molecular flexibility index (Phi) is 2.87. The van der Waals surface area contributed by atoms with Gasteiger partial charge in [0.25, 0.3) is 5.91 Å². The van der Waals surface area contributed by atoms with Gasteiger partial charge in [-0.1, -0.05) is 18.2 Å². The largest absolute Gasteiger partial charge is 0.478 e. The van der Waals surface area contributed by atoms with Crippen LogP contribution in [-0.4, -0.2) is 31.7 Å². The highest BCUT2D eigenvalue weighted by Gasteiger charge is 2.16. The molecule has 0 spiro atoms. The van der Waals surface area contributed by atoms with E-state index in [4.69, 9.17) is 5.73 Å². The maximum absolute atomic E-state index is 11.4. The second-order valence-electron chi connectivity index (χ2n) is 4.37. The highest BCUT2D eigenvalue weighted by atomic mass is 16.4. The number of aromatic carboxylic acids is 1. The molecular weight excluding hydrogens is 272 g/mol. The molecule has 0 bridgehead atoms. The number of benzene rings is 1. The normalized spacial score (nSPS) is 10.7. The van der Waals surface area contributed by atoms with Gasteiger partial charge >= 0.3 is 5.97 Å². The van der Waals surface area contributed by atoms with Crippen LogP contribution in [0.1, 0.15) is 20.8 Å². The van der Waals surface area contributed by atoms with Gasteiger partial charge in [-0.3, -0.25) is 4.79 Å². The average molecular weight is 282 g/mol. The number of pyridine rings is 1. The first-order valence-corrected chi connectivity index (χ1v) is 6.05. The van der Waals surface area contributed by atoms with Gasteiger partial charge in [0.1, 0.15) is 11.3 Å². The molecule has 0 aliphatic carbocycles. The highest BCUT2D eigenvalue weighted by molar-refractivity contribution is 5.96. The molecule has 3 aromatic rings. The molecule has 0 unspecified atom stereocenters. The number of para-hydroxylation sites is 1. The summed E-state index contributed by atoms with van der Waals surface area (Å²) in [6.07, 6.45) is 1.45. The number of carboxylic acids is 1. The Hall–Kier alpha value is -3.22. The van der Waals surface area contributed by atoms with Crippen molar-refractivity contribution in [3.63, 3.8) is 0 Å². The van der Waals surface area contributed by atoms with Crippen LogP contribution in [0.5, 0.6) is 0 Å². The first-order chi connectivity index (χ1) is 10.1. The van der Waals surface area contributed by atoms with E-state index in [0.29, 0.717) is 10.9 Å². The molecule has 3 rings (SSSR count). The summed E-state index contributed by atoms with van der Waals surface area (Å²) >= 11 is 0. The highest BCUT2D eigenvalue weighted by Crippen LogP contribution is 2.19. The van der Waals surface area contributed by atoms with Gasteiger partial charge in [-0.2, -0.15) is 5.10 Å². The second kappa shape index (κ2) is 4.71. The molecule has 7 nitrogen and oxygen atoms in total. The summed E-state index contributed by atoms with van der Waals surface area (Å²) in [7, 11) is 0. The van der Waals surface area contributed by atoms with Crippen LogP contribution >= 0.6 is 0 Å². The summed E-state index contributed by atoms with van der Waals surface area (Å²) in [6, 6.07) is 10.1. The van der Waals surface area contributed by atoms with Gasteiger partial charge in [0.05, 0.1) is 5.52 Å². The van der Waals surface area contributed by atoms with Crippen molar-refractivity contribution in [3.8, 4) is 5.82 Å². The van der Waals surface area contributed by atoms with Crippen molar-refractivity contribution in [2.24, 2.45) is 5.73 Å². The Morgan fingerprint density at radius 2 is 1.95 bits per heavy atom. The van der Waals surface area contributed by atoms with Crippen LogP contribution in [0.25, 0.3) is 16.7 Å². The lowest BCUT2D eigenvalue weighted by Crippen LogP contribution is -2.13. The average Bonchev–Trinajstić information content (AvgIpc) is 2.95. The van der Waals surface area contributed by atoms with E-state index in [9.17, 15) is 14.7 Å². The van der Waals surface area contributed by atoms with E-state index in [0.717, 1.165) is 0 Å². The van der Waals surface area contributed by atoms with Crippen LogP contribution in [0, 0.1) is 0 Å². The Bertz CT molecular complexity index is 870. The SMILES string of the molecule is NC(=O)c1ccn(-c2nc3ccccc3cc2C(=O)O)n1. The standard InChI is InChI=1S/C14H10N4O3/c15-12(19)11-5-6-18(17-11)13-9(14(20)21)7-8-3-1-2-4-10(8)16-13/h1-7H,(H2,15,19)(H,20,21). The molecular formula is C14H10N4O3. The monoisotopic (exact) mass is 282 g/mol. The summed E-state index contributed by atoms with van der Waals surface area (Å²) in [5.41, 5.74) is 5.81. The van der Waals surface area contributed by atoms with E-state index in [1.54, 1.807) is 24.3 Å². The molecule has 0 atom stereocenters. The number of carbonyl (C=O) groups excluding carboxylic acids is 1. The molecule has 7 heteroatoms. The number of hydrogen-bond donors (Lipinski definition) is 2. The Morgan fingerprint density at radius 3 is 2.62 bits per heavy atom. The van der Waals surface area contributed by atoms with Crippen molar-refractivity contribution in [1.29, 1.82) is 0 Å². The minimum absolute atomic E-state index is 0.00665. The summed E-state index contributed by atoms with van der Waals surface area (Å²) < 4.78 is 1.23. The van der Waals surface area contributed by atoms with Crippen molar-refractivity contribution in [2.45, 2.75) is 0 Å². The molecule has 0 saturated carbocycles. The van der Waals surface area contributed by atoms with E-state index in [2.05, 4.69) is 10.1 Å². The molecule has 0 radical (unpaired) electrons. The quantitative estimate of drug-likeness (QED) is 0.750. The number of hydrogen-bond acceptors (Lipinski definition) is 4. The number of amides is 1. The molecule has 3 N–H and O–H groups in total. The number of carboxylic acid groups (broad SMARTS) is 1. The minimum Gasteiger partial charge on any atom is -0.478 e. The number of nitrogens with two attached hydrogens (primary N) is 1. The van der Waals surface area contributed by atoms with Crippen molar-refractivity contribution < 1.29 is 14.7 Å². The molecule has 1 amide bonds. The summed E-state index contributed by atoms with van der Waals surface area (Å²) in [5, 5.41) is 14.0. The second-order valence-corrected chi connectivity index (χ2v) is 4.37. The lowest BCUT2D eigenvalue weighted by Gasteiger charge is -2.07. The molecule has 0 saturated heterocycles. The van der Waals surface area contributed by atoms with Crippen molar-refractivity contribution >= 4 is 22.8 Å². The predicted molar refractivity (Wildman–Crippen MR) is 74.3 cm³/mol. The van der Waals surface area contributed by atoms with Crippen LogP contribution in [-0.2, 0) is 0 Å². The van der Waals surface area contributed by atoms with Crippen LogP contribution in [0.2, 0.25) is 0 Å². The van der Waals surface area contributed by atoms with Gasteiger partial charge in [0, 0.05) is 11.6 Å². The van der Waals surface area contributed by atoms with Gasteiger partial charge in [0.2, 0.25) is 0 Å². The molecule has 104 valence electrons. The zero-order valence-electron chi connectivity index (χ0n) is 10.7. The Morgan fingerprint density at radius 1 is 1.19 bits per heavy atom. The van der Waals surface area contributed by atoms with E-state index in [1.807, 2.05) is 0 Å². The van der Waals surface area contributed by atoms with E-state index in [1.165, 1.54) is 23.0 Å². The molecule has 0 fully saturated rings. The third-order valence-electron chi connectivity index (χ3n) is 2.99. The molecule has 21 heavy (non-hydrogen) atoms. The number of fused-ring (bicyclic) bond motifs is 1. The fourth-order valence-electron chi connectivity index (χ4n) is 2.01. The van der Waals surface area contributed by atoms with Crippen LogP contribution in [0.3, 0.4) is 0 Å². The smallest absolute Gasteiger partial charge is 0.339 e. The zero-order valence-corrected chi connectivity index (χ0v) is 10.7. The maximum atomic E-state index is 11.4. The number of rotatable bonds is 3. The summed E-state index contributed by atoms with van der Waals surface area (Å²) in [6.45, 7) is 0. The van der Waals surface area contributed by atoms with E-state index < -0.39 is 11.9 Å². The van der Waals surface area contributed by atoms with Gasteiger partial charge in [-0.15, -0.1) is 0 Å². The molecule has 0 aliphatic rings. The van der Waals surface area contributed by atoms with Gasteiger partial charge < -0.3 is 10.8 Å². The lowest BCUT2D eigenvalue weighted by molar-refractivity contribution is 0.0696. The topological polar surface area (TPSA) is 111 Å². The van der Waals surface area contributed by atoms with Crippen molar-refractivity contribution in [3.05, 3.63) is 53.9 Å². The zero-order chi connectivity index (χ0) is 15.0. The van der Waals surface area contributed by atoms with Gasteiger partial charge in [-0.25, -0.2) is 14.5 Å². The first kappa shape index (κ1) is 12.8. The van der Waals surface area contributed by atoms with Crippen molar-refractivity contribution in [2.75, 3.05) is 0 Å². The minimum atomic E-state index is -1.13. The van der Waals surface area contributed by atoms with Crippen LogP contribution < -0.4 is 5.73 Å². The third kappa shape index (κ3) is 2.20. The molecule has 1 aromatic carbocycles. The van der Waals surface area contributed by atoms with E-state index >= 15 is 0 Å². The number of nitrogens with zero attached hydrogens (tertiary/aromatic N) is 3. The van der Waals surface area contributed by atoms with Gasteiger partial charge in [-0.05, 0) is 18.2 Å². The first-order valence-electron chi connectivity index (χ1n) is 6.05. The fraction of sp³-hybridized carbons (Fsp3) is 0. The lowest BCUT2D eigenvalue weighted by atomic mass is 10.1. The fourth-order valence-corrected chi connectivity index (χ4v) is 2.01. The maximum Gasteiger partial charge on any atom is 0.339 e. The third-order valence-corrected chi connectivity index (χ3v) is 2.99. The molecule has 2 aromatic heterocycles. The predicted octanol–water partition coefficient (Wildman–Crippen LogP) is 1.22. The van der Waals surface area contributed by atoms with Crippen molar-refractivity contribution in [1.82, 2.24) is 14.8 Å². The number of primary amides is 1. The van der Waals surface area contributed by atoms with E-state index in [-0.39, 0.29) is 17.1 Å². The molecule has 0 aliphatic heterocycles. The molecule has 2 heterocycles.